The number of hydrogen-bond acceptors (Lipinski definition) is 6. The highest BCUT2D eigenvalue weighted by atomic mass is 35.5. The lowest BCUT2D eigenvalue weighted by Gasteiger charge is -2.25. The Morgan fingerprint density at radius 3 is 2.29 bits per heavy atom. The first-order chi connectivity index (χ1) is 16.6. The zero-order valence-electron chi connectivity index (χ0n) is 18.8. The molecule has 1 atom stereocenters. The van der Waals surface area contributed by atoms with Crippen LogP contribution in [0.1, 0.15) is 23.6 Å². The molecule has 0 aromatic heterocycles. The molecule has 3 aromatic rings. The topological polar surface area (TPSA) is 94.2 Å². The number of nitrogens with two attached hydrogens (primary N) is 1. The molecule has 184 valence electrons. The lowest BCUT2D eigenvalue weighted by Crippen LogP contribution is -2.18. The predicted octanol–water partition coefficient (Wildman–Crippen LogP) is 5.86. The van der Waals surface area contributed by atoms with E-state index in [0.717, 1.165) is 11.3 Å². The van der Waals surface area contributed by atoms with Gasteiger partial charge in [0.2, 0.25) is 10.0 Å². The number of nitrogens with zero attached hydrogens (tertiary/aromatic N) is 2. The summed E-state index contributed by atoms with van der Waals surface area (Å²) in [5.74, 6) is 0.587. The van der Waals surface area contributed by atoms with Crippen molar-refractivity contribution in [3.63, 3.8) is 0 Å². The van der Waals surface area contributed by atoms with Gasteiger partial charge in [-0.1, -0.05) is 46.9 Å². The molecule has 0 spiro atoms. The van der Waals surface area contributed by atoms with Gasteiger partial charge < -0.3 is 9.47 Å². The van der Waals surface area contributed by atoms with Crippen LogP contribution in [-0.4, -0.2) is 28.3 Å². The van der Waals surface area contributed by atoms with Crippen LogP contribution in [0, 0.1) is 0 Å². The molecule has 7 nitrogen and oxygen atoms in total. The van der Waals surface area contributed by atoms with Gasteiger partial charge in [-0.3, -0.25) is 5.01 Å². The highest BCUT2D eigenvalue weighted by Gasteiger charge is 2.32. The van der Waals surface area contributed by atoms with Crippen LogP contribution in [0.2, 0.25) is 15.1 Å². The third-order valence-corrected chi connectivity index (χ3v) is 7.40. The minimum absolute atomic E-state index is 0.124. The lowest BCUT2D eigenvalue weighted by atomic mass is 9.97. The van der Waals surface area contributed by atoms with E-state index in [-0.39, 0.29) is 23.1 Å². The van der Waals surface area contributed by atoms with Gasteiger partial charge in [-0.15, -0.1) is 0 Å². The Balaban J connectivity index is 1.80. The summed E-state index contributed by atoms with van der Waals surface area (Å²) in [6.45, 7) is 0. The summed E-state index contributed by atoms with van der Waals surface area (Å²) >= 11 is 18.7. The van der Waals surface area contributed by atoms with E-state index in [1.807, 2.05) is 35.3 Å². The number of primary sulfonamides is 1. The first kappa shape index (κ1) is 25.6. The average molecular weight is 555 g/mol. The van der Waals surface area contributed by atoms with E-state index in [2.05, 4.69) is 0 Å². The van der Waals surface area contributed by atoms with Gasteiger partial charge in [-0.05, 0) is 48.0 Å². The first-order valence-electron chi connectivity index (χ1n) is 10.4. The molecule has 4 rings (SSSR count). The molecule has 0 amide bonds. The maximum atomic E-state index is 12.2. The molecule has 0 radical (unpaired) electrons. The fourth-order valence-electron chi connectivity index (χ4n) is 4.11. The Kier molecular flexibility index (Phi) is 7.49. The van der Waals surface area contributed by atoms with Gasteiger partial charge in [-0.2, -0.15) is 5.10 Å². The Morgan fingerprint density at radius 2 is 1.69 bits per heavy atom. The molecule has 1 aliphatic rings. The summed E-state index contributed by atoms with van der Waals surface area (Å²) in [6.07, 6.45) is 0.800. The average Bonchev–Trinajstić information content (AvgIpc) is 3.22. The smallest absolute Gasteiger partial charge is 0.241 e. The van der Waals surface area contributed by atoms with Crippen molar-refractivity contribution in [3.8, 4) is 11.5 Å². The lowest BCUT2D eigenvalue weighted by molar-refractivity contribution is 0.379. The van der Waals surface area contributed by atoms with Crippen molar-refractivity contribution in [1.82, 2.24) is 0 Å². The monoisotopic (exact) mass is 553 g/mol. The summed E-state index contributed by atoms with van der Waals surface area (Å²) < 4.78 is 35.3. The van der Waals surface area contributed by atoms with Crippen LogP contribution in [-0.2, 0) is 16.4 Å². The Labute approximate surface area is 219 Å². The van der Waals surface area contributed by atoms with E-state index in [0.29, 0.717) is 38.5 Å². The molecular formula is C24H22Cl3N3O4S. The van der Waals surface area contributed by atoms with Crippen molar-refractivity contribution in [3.05, 3.63) is 80.8 Å². The van der Waals surface area contributed by atoms with Crippen molar-refractivity contribution in [2.45, 2.75) is 23.8 Å². The second-order valence-electron chi connectivity index (χ2n) is 7.88. The Bertz CT molecular complexity index is 1400. The molecule has 0 saturated heterocycles. The molecule has 0 bridgehead atoms. The highest BCUT2D eigenvalue weighted by Crippen LogP contribution is 2.42. The van der Waals surface area contributed by atoms with Gasteiger partial charge in [0.05, 0.1) is 31.0 Å². The Hall–Kier alpha value is -2.49. The zero-order chi connectivity index (χ0) is 25.3. The van der Waals surface area contributed by atoms with Crippen molar-refractivity contribution < 1.29 is 17.9 Å². The van der Waals surface area contributed by atoms with Gasteiger partial charge in [-0.25, -0.2) is 13.6 Å². The molecule has 3 aromatic carbocycles. The number of anilines is 1. The normalized spacial score (nSPS) is 15.8. The van der Waals surface area contributed by atoms with Crippen LogP contribution in [0.3, 0.4) is 0 Å². The summed E-state index contributed by atoms with van der Waals surface area (Å²) in [5, 5.41) is 13.7. The molecule has 11 heteroatoms. The van der Waals surface area contributed by atoms with Crippen molar-refractivity contribution in [1.29, 1.82) is 0 Å². The Morgan fingerprint density at radius 1 is 1.00 bits per heavy atom. The third kappa shape index (κ3) is 5.37. The number of methoxy groups -OCH3 is 2. The molecule has 0 saturated carbocycles. The van der Waals surface area contributed by atoms with E-state index in [1.165, 1.54) is 20.3 Å². The van der Waals surface area contributed by atoms with Crippen LogP contribution >= 0.6 is 34.8 Å². The molecule has 0 fully saturated rings. The molecule has 1 heterocycles. The largest absolute Gasteiger partial charge is 0.496 e. The molecule has 35 heavy (non-hydrogen) atoms. The van der Waals surface area contributed by atoms with E-state index in [1.54, 1.807) is 18.2 Å². The second kappa shape index (κ2) is 10.2. The van der Waals surface area contributed by atoms with Crippen LogP contribution < -0.4 is 19.6 Å². The molecule has 2 N–H and O–H groups in total. The number of ether oxygens (including phenoxy) is 2. The van der Waals surface area contributed by atoms with Gasteiger partial charge in [0.25, 0.3) is 0 Å². The quantitative estimate of drug-likeness (QED) is 0.395. The number of benzene rings is 3. The maximum absolute atomic E-state index is 12.2. The fraction of sp³-hybridized carbons (Fsp3) is 0.208. The zero-order valence-corrected chi connectivity index (χ0v) is 21.9. The van der Waals surface area contributed by atoms with E-state index >= 15 is 0 Å². The van der Waals surface area contributed by atoms with Crippen LogP contribution in [0.4, 0.5) is 5.69 Å². The standard InChI is InChI=1S/C24H22Cl3N3O4S/c1-33-22-9-10-23(35(28,31)32)24(34-2)18(22)12-17-13-21(14-3-5-15(25)6-4-14)30(29-17)20-8-7-16(26)11-19(20)27/h3-11,21H,12-13H2,1-2H3,(H2,28,31,32). The number of rotatable bonds is 7. The molecule has 1 unspecified atom stereocenters. The summed E-state index contributed by atoms with van der Waals surface area (Å²) in [4.78, 5) is -0.124. The van der Waals surface area contributed by atoms with Gasteiger partial charge in [0.1, 0.15) is 16.4 Å². The highest BCUT2D eigenvalue weighted by molar-refractivity contribution is 7.89. The van der Waals surface area contributed by atoms with Gasteiger partial charge in [0.15, 0.2) is 0 Å². The fourth-order valence-corrected chi connectivity index (χ4v) is 5.46. The second-order valence-corrected chi connectivity index (χ2v) is 10.7. The summed E-state index contributed by atoms with van der Waals surface area (Å²) in [5.41, 5.74) is 2.96. The van der Waals surface area contributed by atoms with Crippen LogP contribution in [0.5, 0.6) is 11.5 Å². The minimum Gasteiger partial charge on any atom is -0.496 e. The number of halogens is 3. The maximum Gasteiger partial charge on any atom is 0.241 e. The number of hydrogen-bond donors (Lipinski definition) is 1. The summed E-state index contributed by atoms with van der Waals surface area (Å²) in [7, 11) is -1.13. The van der Waals surface area contributed by atoms with Crippen molar-refractivity contribution in [2.75, 3.05) is 19.2 Å². The van der Waals surface area contributed by atoms with Crippen molar-refractivity contribution >= 4 is 56.2 Å². The van der Waals surface area contributed by atoms with E-state index in [9.17, 15) is 8.42 Å². The number of sulfonamides is 1. The molecule has 0 aliphatic carbocycles. The molecular weight excluding hydrogens is 533 g/mol. The third-order valence-electron chi connectivity index (χ3n) is 5.68. The minimum atomic E-state index is -4.02. The molecule has 1 aliphatic heterocycles. The predicted molar refractivity (Wildman–Crippen MR) is 140 cm³/mol. The summed E-state index contributed by atoms with van der Waals surface area (Å²) in [6, 6.07) is 15.5. The van der Waals surface area contributed by atoms with Gasteiger partial charge in [0, 0.05) is 34.2 Å². The van der Waals surface area contributed by atoms with E-state index in [4.69, 9.17) is 54.5 Å². The number of hydrazone groups is 1. The van der Waals surface area contributed by atoms with Gasteiger partial charge >= 0.3 is 0 Å². The van der Waals surface area contributed by atoms with Crippen molar-refractivity contribution in [2.24, 2.45) is 10.2 Å². The van der Waals surface area contributed by atoms with E-state index < -0.39 is 10.0 Å². The first-order valence-corrected chi connectivity index (χ1v) is 13.1. The SMILES string of the molecule is COc1ccc(S(N)(=O)=O)c(OC)c1CC1=NN(c2ccc(Cl)cc2Cl)C(c2ccc(Cl)cc2)C1. The van der Waals surface area contributed by atoms with Crippen LogP contribution in [0.25, 0.3) is 0 Å². The van der Waals surface area contributed by atoms with Crippen LogP contribution in [0.15, 0.2) is 64.6 Å².